The van der Waals surface area contributed by atoms with Gasteiger partial charge in [-0.15, -0.1) is 0 Å². The first-order valence-corrected chi connectivity index (χ1v) is 13.1. The molecule has 2 rings (SSSR count). The van der Waals surface area contributed by atoms with Gasteiger partial charge < -0.3 is 14.8 Å². The number of nitrogens with zero attached hydrogens (tertiary/aromatic N) is 3. The third-order valence-corrected chi connectivity index (χ3v) is 6.53. The molecule has 212 valence electrons. The smallest absolute Gasteiger partial charge is 0.379 e. The Morgan fingerprint density at radius 2 is 1.82 bits per heavy atom. The van der Waals surface area contributed by atoms with Gasteiger partial charge in [-0.3, -0.25) is 19.4 Å². The lowest BCUT2D eigenvalue weighted by molar-refractivity contribution is -0.137. The zero-order chi connectivity index (χ0) is 28.2. The molecule has 0 atom stereocenters. The molecular weight excluding hydrogens is 501 g/mol. The molecule has 1 aliphatic rings. The first-order chi connectivity index (χ1) is 18.0. The Labute approximate surface area is 223 Å². The van der Waals surface area contributed by atoms with E-state index in [4.69, 9.17) is 14.7 Å². The van der Waals surface area contributed by atoms with Gasteiger partial charge in [-0.2, -0.15) is 18.4 Å². The highest BCUT2D eigenvalue weighted by molar-refractivity contribution is 6.01. The van der Waals surface area contributed by atoms with Crippen LogP contribution in [0.25, 0.3) is 0 Å². The van der Waals surface area contributed by atoms with Gasteiger partial charge in [-0.1, -0.05) is 26.2 Å². The number of hydrogen-bond donors (Lipinski definition) is 1. The number of nitriles is 1. The summed E-state index contributed by atoms with van der Waals surface area (Å²) in [4.78, 5) is 28.3. The van der Waals surface area contributed by atoms with E-state index in [1.54, 1.807) is 19.9 Å². The van der Waals surface area contributed by atoms with Crippen LogP contribution in [0.4, 0.5) is 18.9 Å². The number of rotatable bonds is 16. The molecule has 1 aliphatic heterocycles. The lowest BCUT2D eigenvalue weighted by Gasteiger charge is -2.27. The quantitative estimate of drug-likeness (QED) is 0.311. The number of carbonyl (C=O) groups excluding carboxylic acids is 2. The molecule has 0 spiro atoms. The van der Waals surface area contributed by atoms with E-state index in [9.17, 15) is 22.8 Å². The van der Waals surface area contributed by atoms with Crippen LogP contribution >= 0.6 is 0 Å². The highest BCUT2D eigenvalue weighted by Gasteiger charge is 2.46. The van der Waals surface area contributed by atoms with Crippen molar-refractivity contribution in [3.05, 3.63) is 29.3 Å². The Kier molecular flexibility index (Phi) is 12.5. The molecule has 0 saturated carbocycles. The van der Waals surface area contributed by atoms with Gasteiger partial charge in [0, 0.05) is 31.8 Å². The van der Waals surface area contributed by atoms with Gasteiger partial charge in [0.05, 0.1) is 49.2 Å². The minimum Gasteiger partial charge on any atom is -0.379 e. The van der Waals surface area contributed by atoms with Gasteiger partial charge in [0.25, 0.3) is 0 Å². The SMILES string of the molecule is CCCCCCOCCOCCNC(=O)CCCN1CN(c2ccc(C#N)c(C(F)(F)F)c2)C(=O)C1(C)C. The number of halogens is 3. The van der Waals surface area contributed by atoms with Crippen LogP contribution in [0.1, 0.15) is 70.4 Å². The molecule has 0 aromatic heterocycles. The van der Waals surface area contributed by atoms with Gasteiger partial charge in [0.1, 0.15) is 0 Å². The molecule has 1 fully saturated rings. The van der Waals surface area contributed by atoms with E-state index >= 15 is 0 Å². The summed E-state index contributed by atoms with van der Waals surface area (Å²) in [6, 6.07) is 4.81. The van der Waals surface area contributed by atoms with Gasteiger partial charge in [0.2, 0.25) is 11.8 Å². The summed E-state index contributed by atoms with van der Waals surface area (Å²) in [5.41, 5.74) is -2.44. The molecule has 1 N–H and O–H groups in total. The largest absolute Gasteiger partial charge is 0.417 e. The minimum atomic E-state index is -4.71. The Morgan fingerprint density at radius 1 is 1.11 bits per heavy atom. The van der Waals surface area contributed by atoms with Gasteiger partial charge in [-0.05, 0) is 44.9 Å². The monoisotopic (exact) mass is 540 g/mol. The van der Waals surface area contributed by atoms with Crippen molar-refractivity contribution in [3.8, 4) is 6.07 Å². The third kappa shape index (κ3) is 9.26. The fraction of sp³-hybridized carbons (Fsp3) is 0.667. The number of alkyl halides is 3. The number of unbranched alkanes of at least 4 members (excludes halogenated alkanes) is 3. The van der Waals surface area contributed by atoms with Crippen molar-refractivity contribution < 1.29 is 32.2 Å². The molecule has 0 aliphatic carbocycles. The van der Waals surface area contributed by atoms with E-state index in [1.807, 2.05) is 4.90 Å². The van der Waals surface area contributed by atoms with Crippen molar-refractivity contribution in [3.63, 3.8) is 0 Å². The van der Waals surface area contributed by atoms with Crippen LogP contribution in [0.2, 0.25) is 0 Å². The molecule has 2 amide bonds. The topological polar surface area (TPSA) is 94.9 Å². The first-order valence-electron chi connectivity index (χ1n) is 13.1. The molecular formula is C27H39F3N4O4. The molecule has 0 radical (unpaired) electrons. The standard InChI is InChI=1S/C27H39F3N4O4/c1-4-5-6-7-14-37-16-17-38-15-12-32-24(35)9-8-13-33-20-34(25(36)26(33,2)3)22-11-10-21(19-31)23(18-22)27(28,29)30/h10-11,18H,4-9,12-17,20H2,1-3H3,(H,32,35). The molecule has 0 unspecified atom stereocenters. The van der Waals surface area contributed by atoms with Crippen molar-refractivity contribution in [1.29, 1.82) is 5.26 Å². The normalized spacial score (nSPS) is 15.6. The van der Waals surface area contributed by atoms with Crippen molar-refractivity contribution in [2.45, 2.75) is 71.0 Å². The fourth-order valence-electron chi connectivity index (χ4n) is 4.19. The third-order valence-electron chi connectivity index (χ3n) is 6.53. The molecule has 1 aromatic carbocycles. The Hall–Kier alpha value is -2.68. The summed E-state index contributed by atoms with van der Waals surface area (Å²) in [7, 11) is 0. The number of benzene rings is 1. The number of ether oxygens (including phenoxy) is 2. The van der Waals surface area contributed by atoms with E-state index in [0.717, 1.165) is 25.2 Å². The second-order valence-corrected chi connectivity index (χ2v) is 9.78. The highest BCUT2D eigenvalue weighted by Crippen LogP contribution is 2.37. The second kappa shape index (κ2) is 15.0. The van der Waals surface area contributed by atoms with Crippen LogP contribution in [0.5, 0.6) is 0 Å². The number of hydrogen-bond acceptors (Lipinski definition) is 6. The van der Waals surface area contributed by atoms with Gasteiger partial charge in [0.15, 0.2) is 0 Å². The van der Waals surface area contributed by atoms with Crippen LogP contribution in [0, 0.1) is 11.3 Å². The summed E-state index contributed by atoms with van der Waals surface area (Å²) >= 11 is 0. The zero-order valence-electron chi connectivity index (χ0n) is 22.5. The number of carbonyl (C=O) groups is 2. The van der Waals surface area contributed by atoms with E-state index in [-0.39, 0.29) is 30.6 Å². The Balaban J connectivity index is 1.73. The minimum absolute atomic E-state index is 0.0801. The number of anilines is 1. The van der Waals surface area contributed by atoms with E-state index in [1.165, 1.54) is 30.2 Å². The summed E-state index contributed by atoms with van der Waals surface area (Å²) < 4.78 is 51.1. The van der Waals surface area contributed by atoms with Crippen LogP contribution in [-0.4, -0.2) is 68.4 Å². The molecule has 1 aromatic rings. The van der Waals surface area contributed by atoms with Crippen molar-refractivity contribution in [2.24, 2.45) is 0 Å². The van der Waals surface area contributed by atoms with E-state index in [0.29, 0.717) is 39.3 Å². The highest BCUT2D eigenvalue weighted by atomic mass is 19.4. The van der Waals surface area contributed by atoms with Gasteiger partial charge in [-0.25, -0.2) is 0 Å². The second-order valence-electron chi connectivity index (χ2n) is 9.78. The average molecular weight is 541 g/mol. The maximum atomic E-state index is 13.4. The van der Waals surface area contributed by atoms with Crippen molar-refractivity contribution >= 4 is 17.5 Å². The van der Waals surface area contributed by atoms with Crippen molar-refractivity contribution in [1.82, 2.24) is 10.2 Å². The van der Waals surface area contributed by atoms with E-state index in [2.05, 4.69) is 12.2 Å². The summed E-state index contributed by atoms with van der Waals surface area (Å²) in [5.74, 6) is -0.482. The molecule has 1 heterocycles. The zero-order valence-corrected chi connectivity index (χ0v) is 22.5. The number of nitrogens with one attached hydrogen (secondary N) is 1. The average Bonchev–Trinajstić information content (AvgIpc) is 3.10. The van der Waals surface area contributed by atoms with E-state index < -0.39 is 22.8 Å². The first kappa shape index (κ1) is 31.5. The fourth-order valence-corrected chi connectivity index (χ4v) is 4.19. The maximum Gasteiger partial charge on any atom is 0.417 e. The molecule has 0 bridgehead atoms. The van der Waals surface area contributed by atoms with Crippen LogP contribution in [-0.2, 0) is 25.2 Å². The van der Waals surface area contributed by atoms with Crippen LogP contribution in [0.3, 0.4) is 0 Å². The Morgan fingerprint density at radius 3 is 2.47 bits per heavy atom. The molecule has 38 heavy (non-hydrogen) atoms. The lowest BCUT2D eigenvalue weighted by atomic mass is 10.0. The van der Waals surface area contributed by atoms with Crippen molar-refractivity contribution in [2.75, 3.05) is 51.1 Å². The predicted octanol–water partition coefficient (Wildman–Crippen LogP) is 4.47. The van der Waals surface area contributed by atoms with Gasteiger partial charge >= 0.3 is 6.18 Å². The van der Waals surface area contributed by atoms with Crippen LogP contribution in [0.15, 0.2) is 18.2 Å². The maximum absolute atomic E-state index is 13.4. The summed E-state index contributed by atoms with van der Waals surface area (Å²) in [6.45, 7) is 8.59. The molecule has 11 heteroatoms. The summed E-state index contributed by atoms with van der Waals surface area (Å²) in [6.07, 6.45) is 0.654. The molecule has 1 saturated heterocycles. The molecule has 8 nitrogen and oxygen atoms in total. The lowest BCUT2D eigenvalue weighted by Crippen LogP contribution is -2.44. The van der Waals surface area contributed by atoms with Crippen LogP contribution < -0.4 is 10.2 Å². The Bertz CT molecular complexity index is 963. The number of amides is 2. The predicted molar refractivity (Wildman–Crippen MR) is 137 cm³/mol. The summed E-state index contributed by atoms with van der Waals surface area (Å²) in [5, 5.41) is 11.8.